The lowest BCUT2D eigenvalue weighted by molar-refractivity contribution is 0.0708. The second-order valence-electron chi connectivity index (χ2n) is 8.31. The smallest absolute Gasteiger partial charge is 0.290 e. The second kappa shape index (κ2) is 10.4. The van der Waals surface area contributed by atoms with Crippen LogP contribution < -0.4 is 19.6 Å². The quantitative estimate of drug-likeness (QED) is 0.432. The van der Waals surface area contributed by atoms with E-state index in [0.717, 1.165) is 18.7 Å². The molecule has 8 heteroatoms. The van der Waals surface area contributed by atoms with Crippen molar-refractivity contribution in [2.75, 3.05) is 47.0 Å². The molecule has 186 valence electrons. The van der Waals surface area contributed by atoms with Gasteiger partial charge in [0.2, 0.25) is 5.76 Å². The third kappa shape index (κ3) is 4.46. The first-order chi connectivity index (χ1) is 17.0. The molecule has 4 rings (SSSR count). The van der Waals surface area contributed by atoms with Crippen LogP contribution in [-0.2, 0) is 0 Å². The number of fused-ring (bicyclic) bond motifs is 2. The van der Waals surface area contributed by atoms with E-state index >= 15 is 0 Å². The van der Waals surface area contributed by atoms with Crippen LogP contribution in [0, 0.1) is 0 Å². The Morgan fingerprint density at radius 3 is 2.40 bits per heavy atom. The van der Waals surface area contributed by atoms with Gasteiger partial charge in [-0.3, -0.25) is 9.59 Å². The Morgan fingerprint density at radius 1 is 0.971 bits per heavy atom. The maximum atomic E-state index is 13.7. The van der Waals surface area contributed by atoms with Crippen molar-refractivity contribution in [2.24, 2.45) is 0 Å². The number of amides is 1. The minimum atomic E-state index is -0.597. The summed E-state index contributed by atoms with van der Waals surface area (Å²) in [5.74, 6) is 1.48. The number of likely N-dealkylation sites (N-methyl/N-ethyl adjacent to an activating group) is 1. The Bertz CT molecular complexity index is 1280. The monoisotopic (exact) mass is 480 g/mol. The zero-order chi connectivity index (χ0) is 25.1. The Kier molecular flexibility index (Phi) is 7.31. The van der Waals surface area contributed by atoms with Gasteiger partial charge >= 0.3 is 0 Å². The van der Waals surface area contributed by atoms with E-state index in [9.17, 15) is 9.59 Å². The van der Waals surface area contributed by atoms with Gasteiger partial charge in [0.05, 0.1) is 37.8 Å². The minimum absolute atomic E-state index is 0.0770. The summed E-state index contributed by atoms with van der Waals surface area (Å²) in [5.41, 5.74) is 1.21. The molecule has 1 aliphatic rings. The van der Waals surface area contributed by atoms with Crippen LogP contribution in [0.4, 0.5) is 0 Å². The molecule has 3 aromatic rings. The highest BCUT2D eigenvalue weighted by atomic mass is 16.5. The van der Waals surface area contributed by atoms with Crippen molar-refractivity contribution in [3.8, 4) is 17.2 Å². The van der Waals surface area contributed by atoms with E-state index in [-0.39, 0.29) is 17.1 Å². The van der Waals surface area contributed by atoms with Gasteiger partial charge in [0, 0.05) is 19.2 Å². The lowest BCUT2D eigenvalue weighted by Crippen LogP contribution is -2.37. The van der Waals surface area contributed by atoms with Gasteiger partial charge in [-0.1, -0.05) is 19.9 Å². The Balaban J connectivity index is 1.88. The zero-order valence-corrected chi connectivity index (χ0v) is 20.9. The Morgan fingerprint density at radius 2 is 1.74 bits per heavy atom. The molecule has 0 spiro atoms. The Hall–Kier alpha value is -3.52. The molecule has 1 aromatic heterocycles. The molecule has 0 bridgehead atoms. The van der Waals surface area contributed by atoms with Gasteiger partial charge in [-0.15, -0.1) is 0 Å². The Labute approximate surface area is 205 Å². The summed E-state index contributed by atoms with van der Waals surface area (Å²) in [4.78, 5) is 31.3. The average molecular weight is 481 g/mol. The van der Waals surface area contributed by atoms with Gasteiger partial charge in [0.25, 0.3) is 5.91 Å². The first-order valence-corrected chi connectivity index (χ1v) is 12.0. The number of hydrogen-bond donors (Lipinski definition) is 0. The number of carbonyl (C=O) groups excluding carboxylic acids is 1. The van der Waals surface area contributed by atoms with Gasteiger partial charge in [-0.25, -0.2) is 0 Å². The number of benzene rings is 2. The predicted octanol–water partition coefficient (Wildman–Crippen LogP) is 4.10. The summed E-state index contributed by atoms with van der Waals surface area (Å²) in [6.07, 6.45) is 0. The fourth-order valence-electron chi connectivity index (χ4n) is 4.62. The van der Waals surface area contributed by atoms with E-state index in [0.29, 0.717) is 53.5 Å². The van der Waals surface area contributed by atoms with Crippen LogP contribution in [0.15, 0.2) is 45.6 Å². The van der Waals surface area contributed by atoms with Crippen molar-refractivity contribution in [3.63, 3.8) is 0 Å². The predicted molar refractivity (Wildman–Crippen MR) is 134 cm³/mol. The summed E-state index contributed by atoms with van der Waals surface area (Å²) >= 11 is 0. The average Bonchev–Trinajstić information content (AvgIpc) is 3.16. The molecule has 2 heterocycles. The second-order valence-corrected chi connectivity index (χ2v) is 8.31. The number of methoxy groups -OCH3 is 2. The molecular weight excluding hydrogens is 448 g/mol. The summed E-state index contributed by atoms with van der Waals surface area (Å²) < 4.78 is 22.6. The lowest BCUT2D eigenvalue weighted by atomic mass is 9.98. The summed E-state index contributed by atoms with van der Waals surface area (Å²) in [5, 5.41) is 0.408. The molecular formula is C27H32N2O6. The minimum Gasteiger partial charge on any atom is -0.497 e. The molecule has 1 amide bonds. The summed E-state index contributed by atoms with van der Waals surface area (Å²) in [7, 11) is 3.12. The fourth-order valence-corrected chi connectivity index (χ4v) is 4.62. The normalized spacial score (nSPS) is 15.1. The topological polar surface area (TPSA) is 81.5 Å². The molecule has 8 nitrogen and oxygen atoms in total. The van der Waals surface area contributed by atoms with Gasteiger partial charge in [-0.2, -0.15) is 0 Å². The van der Waals surface area contributed by atoms with Crippen molar-refractivity contribution in [1.29, 1.82) is 0 Å². The van der Waals surface area contributed by atoms with Gasteiger partial charge in [-0.05, 0) is 49.8 Å². The van der Waals surface area contributed by atoms with Crippen LogP contribution in [0.1, 0.15) is 48.5 Å². The number of ether oxygens (including phenoxy) is 3. The first-order valence-electron chi connectivity index (χ1n) is 12.0. The van der Waals surface area contributed by atoms with E-state index in [1.165, 1.54) is 0 Å². The van der Waals surface area contributed by atoms with E-state index in [2.05, 4.69) is 18.7 Å². The number of nitrogens with zero attached hydrogens (tertiary/aromatic N) is 2. The number of hydrogen-bond acceptors (Lipinski definition) is 7. The third-order valence-corrected chi connectivity index (χ3v) is 6.53. The molecule has 0 N–H and O–H groups in total. The third-order valence-electron chi connectivity index (χ3n) is 6.53. The highest BCUT2D eigenvalue weighted by Gasteiger charge is 2.43. The van der Waals surface area contributed by atoms with Crippen molar-refractivity contribution in [3.05, 3.63) is 63.5 Å². The first kappa shape index (κ1) is 24.6. The molecule has 2 aromatic carbocycles. The molecule has 1 atom stereocenters. The molecule has 0 aliphatic carbocycles. The van der Waals surface area contributed by atoms with Crippen LogP contribution in [0.3, 0.4) is 0 Å². The summed E-state index contributed by atoms with van der Waals surface area (Å²) in [6, 6.07) is 9.96. The van der Waals surface area contributed by atoms with Crippen molar-refractivity contribution >= 4 is 16.9 Å². The fraction of sp³-hybridized carbons (Fsp3) is 0.407. The molecule has 0 fully saturated rings. The van der Waals surface area contributed by atoms with E-state index in [1.807, 2.05) is 25.1 Å². The van der Waals surface area contributed by atoms with Crippen LogP contribution >= 0.6 is 0 Å². The highest BCUT2D eigenvalue weighted by molar-refractivity contribution is 5.99. The summed E-state index contributed by atoms with van der Waals surface area (Å²) in [6.45, 7) is 9.44. The van der Waals surface area contributed by atoms with Crippen LogP contribution in [-0.4, -0.2) is 62.7 Å². The van der Waals surface area contributed by atoms with Crippen LogP contribution in [0.5, 0.6) is 17.2 Å². The van der Waals surface area contributed by atoms with Gasteiger partial charge < -0.3 is 28.4 Å². The van der Waals surface area contributed by atoms with Crippen molar-refractivity contribution < 1.29 is 23.4 Å². The SMILES string of the molecule is CCOc1ccc(C2c3c(oc4cc(OC)ccc4c3=O)C(=O)N2CCN(CC)CC)cc1OC. The van der Waals surface area contributed by atoms with E-state index < -0.39 is 6.04 Å². The molecule has 0 radical (unpaired) electrons. The van der Waals surface area contributed by atoms with Gasteiger partial charge in [0.15, 0.2) is 16.9 Å². The molecule has 1 unspecified atom stereocenters. The number of carbonyl (C=O) groups is 1. The van der Waals surface area contributed by atoms with Gasteiger partial charge in [0.1, 0.15) is 11.3 Å². The lowest BCUT2D eigenvalue weighted by Gasteiger charge is -2.28. The van der Waals surface area contributed by atoms with E-state index in [4.69, 9.17) is 18.6 Å². The zero-order valence-electron chi connectivity index (χ0n) is 20.9. The number of rotatable bonds is 10. The van der Waals surface area contributed by atoms with Crippen LogP contribution in [0.25, 0.3) is 11.0 Å². The van der Waals surface area contributed by atoms with E-state index in [1.54, 1.807) is 37.3 Å². The van der Waals surface area contributed by atoms with Crippen LogP contribution in [0.2, 0.25) is 0 Å². The van der Waals surface area contributed by atoms with Crippen molar-refractivity contribution in [1.82, 2.24) is 9.80 Å². The van der Waals surface area contributed by atoms with Crippen molar-refractivity contribution in [2.45, 2.75) is 26.8 Å². The molecule has 1 aliphatic heterocycles. The maximum Gasteiger partial charge on any atom is 0.290 e. The molecule has 0 saturated heterocycles. The molecule has 0 saturated carbocycles. The standard InChI is InChI=1S/C27H32N2O6/c1-6-28(7-2)13-14-29-24(17-9-12-20(34-8-3)22(15-17)33-5)23-25(30)19-11-10-18(32-4)16-21(19)35-26(23)27(29)31/h9-12,15-16,24H,6-8,13-14H2,1-5H3. The molecule has 35 heavy (non-hydrogen) atoms. The largest absolute Gasteiger partial charge is 0.497 e. The highest BCUT2D eigenvalue weighted by Crippen LogP contribution is 2.41. The maximum absolute atomic E-state index is 13.7.